The van der Waals surface area contributed by atoms with Crippen LogP contribution in [0.25, 0.3) is 0 Å². The molecule has 3 atom stereocenters. The van der Waals surface area contributed by atoms with Crippen molar-refractivity contribution in [2.24, 2.45) is 0 Å². The first-order valence-corrected chi connectivity index (χ1v) is 25.6. The summed E-state index contributed by atoms with van der Waals surface area (Å²) in [6.07, 6.45) is 31.0. The van der Waals surface area contributed by atoms with Gasteiger partial charge < -0.3 is 20.6 Å². The fourth-order valence-corrected chi connectivity index (χ4v) is 8.95. The summed E-state index contributed by atoms with van der Waals surface area (Å²) in [5.74, 6) is 0.203. The van der Waals surface area contributed by atoms with Crippen molar-refractivity contribution in [1.82, 2.24) is 15.6 Å². The van der Waals surface area contributed by atoms with Gasteiger partial charge in [0.1, 0.15) is 5.03 Å². The number of hydrogen-bond acceptors (Lipinski definition) is 9. The lowest BCUT2D eigenvalue weighted by atomic mass is 10.0. The van der Waals surface area contributed by atoms with Gasteiger partial charge in [-0.15, -0.1) is 0 Å². The van der Waals surface area contributed by atoms with Gasteiger partial charge in [-0.2, -0.15) is 0 Å². The van der Waals surface area contributed by atoms with Gasteiger partial charge in [-0.1, -0.05) is 178 Å². The number of pyridine rings is 1. The monoisotopic (exact) mass is 832 g/mol. The molecular formula is C42H78N3O7PS2. The lowest BCUT2D eigenvalue weighted by molar-refractivity contribution is -0.123. The minimum absolute atomic E-state index is 0.0472. The third-order valence-electron chi connectivity index (χ3n) is 9.71. The third kappa shape index (κ3) is 33.5. The Labute approximate surface area is 343 Å². The number of carbonyl (C=O) groups excluding carboxylic acids is 2. The maximum absolute atomic E-state index is 12.9. The van der Waals surface area contributed by atoms with Crippen LogP contribution in [0.1, 0.15) is 187 Å². The standard InChI is InChI=1S/C42H78N3O7PS2/c1-3-5-7-9-11-13-15-16-18-19-21-23-25-29-39(46)38(45-41(48)30-26-24-22-20-17-14-12-10-8-6-4-2)37-52-53(49,50)51-35-34-43-40(47)32-36-54-55-42-31-27-28-33-44-42/h27-28,31,33,38-39,46H,3-26,29-30,32,34-37H2,1-2H3,(H,43,47)(H,45,48)(H,49,50)/t38-,39+/m0/s1. The summed E-state index contributed by atoms with van der Waals surface area (Å²) in [5.41, 5.74) is 0. The SMILES string of the molecule is CCCCCCCCCCCCCCC[C@@H](O)[C@H](COP(=O)(O)OCCNC(=O)CCSSc1ccccn1)NC(=O)CCCCCCCCCCCCC. The second kappa shape index (κ2) is 37.2. The van der Waals surface area contributed by atoms with E-state index in [1.54, 1.807) is 6.20 Å². The molecule has 0 fully saturated rings. The van der Waals surface area contributed by atoms with E-state index in [4.69, 9.17) is 9.05 Å². The summed E-state index contributed by atoms with van der Waals surface area (Å²) in [6, 6.07) is 4.83. The molecule has 1 aromatic rings. The molecule has 1 heterocycles. The van der Waals surface area contributed by atoms with Gasteiger partial charge in [0, 0.05) is 31.3 Å². The molecule has 0 saturated carbocycles. The number of amides is 2. The Kier molecular flexibility index (Phi) is 35.0. The van der Waals surface area contributed by atoms with Gasteiger partial charge in [-0.3, -0.25) is 18.6 Å². The molecule has 4 N–H and O–H groups in total. The van der Waals surface area contributed by atoms with E-state index < -0.39 is 20.0 Å². The van der Waals surface area contributed by atoms with E-state index in [2.05, 4.69) is 29.5 Å². The van der Waals surface area contributed by atoms with E-state index in [9.17, 15) is 24.2 Å². The van der Waals surface area contributed by atoms with E-state index in [1.807, 2.05) is 18.2 Å². The molecular weight excluding hydrogens is 754 g/mol. The predicted molar refractivity (Wildman–Crippen MR) is 231 cm³/mol. The number of nitrogens with zero attached hydrogens (tertiary/aromatic N) is 1. The van der Waals surface area contributed by atoms with Gasteiger partial charge in [0.2, 0.25) is 11.8 Å². The largest absolute Gasteiger partial charge is 0.472 e. The summed E-state index contributed by atoms with van der Waals surface area (Å²) in [4.78, 5) is 39.6. The van der Waals surface area contributed by atoms with Crippen LogP contribution in [0.15, 0.2) is 29.4 Å². The molecule has 2 amide bonds. The Morgan fingerprint density at radius 1 is 0.727 bits per heavy atom. The van der Waals surface area contributed by atoms with Crippen molar-refractivity contribution < 1.29 is 33.2 Å². The van der Waals surface area contributed by atoms with E-state index in [1.165, 1.54) is 137 Å². The number of phosphoric acid groups is 1. The summed E-state index contributed by atoms with van der Waals surface area (Å²) >= 11 is 0. The molecule has 13 heteroatoms. The number of hydrogen-bond donors (Lipinski definition) is 4. The van der Waals surface area contributed by atoms with Crippen LogP contribution >= 0.6 is 29.4 Å². The fourth-order valence-electron chi connectivity index (χ4n) is 6.33. The van der Waals surface area contributed by atoms with E-state index in [0.717, 1.165) is 43.6 Å². The minimum atomic E-state index is -4.49. The Hall–Kier alpha value is -1.14. The van der Waals surface area contributed by atoms with Gasteiger partial charge in [0.05, 0.1) is 25.4 Å². The highest BCUT2D eigenvalue weighted by Crippen LogP contribution is 2.43. The molecule has 0 saturated heterocycles. The van der Waals surface area contributed by atoms with Crippen molar-refractivity contribution in [3.05, 3.63) is 24.4 Å². The lowest BCUT2D eigenvalue weighted by Gasteiger charge is -2.25. The first-order valence-electron chi connectivity index (χ1n) is 21.8. The topological polar surface area (TPSA) is 147 Å². The number of rotatable bonds is 40. The number of phosphoric ester groups is 1. The first kappa shape index (κ1) is 51.9. The number of aliphatic hydroxyl groups is 1. The number of aliphatic hydroxyl groups excluding tert-OH is 1. The van der Waals surface area contributed by atoms with E-state index in [0.29, 0.717) is 18.6 Å². The average molecular weight is 832 g/mol. The van der Waals surface area contributed by atoms with Crippen molar-refractivity contribution in [2.45, 2.75) is 204 Å². The molecule has 0 radical (unpaired) electrons. The smallest absolute Gasteiger partial charge is 0.391 e. The van der Waals surface area contributed by atoms with E-state index >= 15 is 0 Å². The maximum Gasteiger partial charge on any atom is 0.472 e. The highest BCUT2D eigenvalue weighted by molar-refractivity contribution is 8.76. The van der Waals surface area contributed by atoms with Gasteiger partial charge in [-0.05, 0) is 35.8 Å². The number of carbonyl (C=O) groups is 2. The minimum Gasteiger partial charge on any atom is -0.391 e. The quantitative estimate of drug-likeness (QED) is 0.0286. The van der Waals surface area contributed by atoms with Crippen LogP contribution in [-0.4, -0.2) is 64.5 Å². The molecule has 0 bridgehead atoms. The van der Waals surface area contributed by atoms with Crippen molar-refractivity contribution in [2.75, 3.05) is 25.5 Å². The van der Waals surface area contributed by atoms with Gasteiger partial charge in [0.15, 0.2) is 0 Å². The molecule has 1 rings (SSSR count). The van der Waals surface area contributed by atoms with Crippen molar-refractivity contribution in [3.63, 3.8) is 0 Å². The highest BCUT2D eigenvalue weighted by atomic mass is 33.1. The summed E-state index contributed by atoms with van der Waals surface area (Å²) in [5, 5.41) is 17.5. The second-order valence-electron chi connectivity index (χ2n) is 14.8. The van der Waals surface area contributed by atoms with Crippen LogP contribution in [0.2, 0.25) is 0 Å². The zero-order chi connectivity index (χ0) is 40.1. The van der Waals surface area contributed by atoms with Crippen molar-refractivity contribution in [3.8, 4) is 0 Å². The Morgan fingerprint density at radius 3 is 1.78 bits per heavy atom. The molecule has 55 heavy (non-hydrogen) atoms. The number of nitrogens with one attached hydrogen (secondary N) is 2. The van der Waals surface area contributed by atoms with Crippen LogP contribution in [0, 0.1) is 0 Å². The summed E-state index contributed by atoms with van der Waals surface area (Å²) in [7, 11) is -1.46. The molecule has 0 aromatic carbocycles. The molecule has 0 spiro atoms. The van der Waals surface area contributed by atoms with Crippen LogP contribution in [0.5, 0.6) is 0 Å². The Morgan fingerprint density at radius 2 is 1.25 bits per heavy atom. The van der Waals surface area contributed by atoms with E-state index in [-0.39, 0.29) is 38.0 Å². The number of aromatic nitrogens is 1. The van der Waals surface area contributed by atoms with Crippen LogP contribution in [0.4, 0.5) is 0 Å². The lowest BCUT2D eigenvalue weighted by Crippen LogP contribution is -2.46. The summed E-state index contributed by atoms with van der Waals surface area (Å²) in [6.45, 7) is 3.97. The van der Waals surface area contributed by atoms with Gasteiger partial charge >= 0.3 is 7.82 Å². The van der Waals surface area contributed by atoms with Gasteiger partial charge in [-0.25, -0.2) is 9.55 Å². The molecule has 0 aliphatic rings. The molecule has 0 aliphatic carbocycles. The Balaban J connectivity index is 2.39. The van der Waals surface area contributed by atoms with Crippen LogP contribution in [-0.2, 0) is 23.2 Å². The van der Waals surface area contributed by atoms with Crippen molar-refractivity contribution in [1.29, 1.82) is 0 Å². The highest BCUT2D eigenvalue weighted by Gasteiger charge is 2.28. The average Bonchev–Trinajstić information content (AvgIpc) is 3.18. The molecule has 1 unspecified atom stereocenters. The van der Waals surface area contributed by atoms with Gasteiger partial charge in [0.25, 0.3) is 0 Å². The molecule has 320 valence electrons. The first-order chi connectivity index (χ1) is 26.8. The summed E-state index contributed by atoms with van der Waals surface area (Å²) < 4.78 is 23.0. The van der Waals surface area contributed by atoms with Crippen LogP contribution < -0.4 is 10.6 Å². The normalized spacial score (nSPS) is 13.7. The zero-order valence-corrected chi connectivity index (χ0v) is 37.1. The predicted octanol–water partition coefficient (Wildman–Crippen LogP) is 11.5. The molecule has 0 aliphatic heterocycles. The second-order valence-corrected chi connectivity index (χ2v) is 18.7. The number of unbranched alkanes of at least 4 members (excludes halogenated alkanes) is 22. The molecule has 1 aromatic heterocycles. The fraction of sp³-hybridized carbons (Fsp3) is 0.833. The Bertz CT molecular complexity index is 1090. The third-order valence-corrected chi connectivity index (χ3v) is 13.0. The van der Waals surface area contributed by atoms with Crippen molar-refractivity contribution >= 4 is 41.2 Å². The zero-order valence-electron chi connectivity index (χ0n) is 34.5. The van der Waals surface area contributed by atoms with Crippen LogP contribution in [0.3, 0.4) is 0 Å². The molecule has 10 nitrogen and oxygen atoms in total. The maximum atomic E-state index is 12.9.